The van der Waals surface area contributed by atoms with E-state index < -0.39 is 10.1 Å². The smallest absolute Gasteiger partial charge is 0.264 e. The summed E-state index contributed by atoms with van der Waals surface area (Å²) in [6.45, 7) is 0.332. The van der Waals surface area contributed by atoms with Gasteiger partial charge in [-0.3, -0.25) is 4.55 Å². The molecule has 6 nitrogen and oxygen atoms in total. The van der Waals surface area contributed by atoms with Gasteiger partial charge < -0.3 is 14.2 Å². The van der Waals surface area contributed by atoms with Crippen molar-refractivity contribution in [1.82, 2.24) is 0 Å². The van der Waals surface area contributed by atoms with Gasteiger partial charge in [0, 0.05) is 6.07 Å². The average molecular weight is 290 g/mol. The Balaban J connectivity index is 2.48. The Kier molecular flexibility index (Phi) is 5.91. The van der Waals surface area contributed by atoms with Gasteiger partial charge in [0.2, 0.25) is 0 Å². The molecule has 0 radical (unpaired) electrons. The second-order valence-corrected chi connectivity index (χ2v) is 5.43. The number of methoxy groups -OCH3 is 2. The first-order chi connectivity index (χ1) is 8.96. The molecular weight excluding hydrogens is 272 g/mol. The van der Waals surface area contributed by atoms with Crippen molar-refractivity contribution in [2.45, 2.75) is 12.8 Å². The van der Waals surface area contributed by atoms with E-state index in [0.29, 0.717) is 36.7 Å². The number of rotatable bonds is 8. The summed E-state index contributed by atoms with van der Waals surface area (Å²) in [5.41, 5.74) is 0. The van der Waals surface area contributed by atoms with E-state index in [1.54, 1.807) is 25.3 Å². The van der Waals surface area contributed by atoms with E-state index in [0.717, 1.165) is 0 Å². The molecule has 0 saturated carbocycles. The first-order valence-corrected chi connectivity index (χ1v) is 7.37. The Morgan fingerprint density at radius 3 is 2.42 bits per heavy atom. The second-order valence-electron chi connectivity index (χ2n) is 3.86. The summed E-state index contributed by atoms with van der Waals surface area (Å²) in [7, 11) is -0.805. The fraction of sp³-hybridized carbons (Fsp3) is 0.500. The third-order valence-corrected chi connectivity index (χ3v) is 3.23. The van der Waals surface area contributed by atoms with Crippen LogP contribution in [0.15, 0.2) is 18.2 Å². The SMILES string of the molecule is COc1ccc(OC)c(OCCCCS(=O)(=O)O)c1. The Morgan fingerprint density at radius 2 is 1.84 bits per heavy atom. The Hall–Kier alpha value is -1.47. The molecule has 0 aliphatic heterocycles. The van der Waals surface area contributed by atoms with E-state index in [-0.39, 0.29) is 5.75 Å². The van der Waals surface area contributed by atoms with Crippen molar-refractivity contribution in [3.63, 3.8) is 0 Å². The van der Waals surface area contributed by atoms with Crippen LogP contribution in [0.1, 0.15) is 12.8 Å². The number of benzene rings is 1. The van der Waals surface area contributed by atoms with Gasteiger partial charge in [-0.2, -0.15) is 8.42 Å². The molecule has 0 amide bonds. The van der Waals surface area contributed by atoms with Crippen molar-refractivity contribution < 1.29 is 27.2 Å². The van der Waals surface area contributed by atoms with Crippen LogP contribution in [0.5, 0.6) is 17.2 Å². The molecule has 108 valence electrons. The van der Waals surface area contributed by atoms with Crippen LogP contribution < -0.4 is 14.2 Å². The number of unbranched alkanes of at least 4 members (excludes halogenated alkanes) is 1. The lowest BCUT2D eigenvalue weighted by Gasteiger charge is -2.11. The molecule has 1 aromatic rings. The zero-order valence-electron chi connectivity index (χ0n) is 11.0. The number of hydrogen-bond donors (Lipinski definition) is 1. The highest BCUT2D eigenvalue weighted by atomic mass is 32.2. The van der Waals surface area contributed by atoms with Gasteiger partial charge in [0.25, 0.3) is 10.1 Å². The summed E-state index contributed by atoms with van der Waals surface area (Å²) in [6.07, 6.45) is 0.852. The van der Waals surface area contributed by atoms with Gasteiger partial charge in [-0.05, 0) is 25.0 Å². The van der Waals surface area contributed by atoms with Crippen molar-refractivity contribution in [2.24, 2.45) is 0 Å². The van der Waals surface area contributed by atoms with Gasteiger partial charge >= 0.3 is 0 Å². The fourth-order valence-corrected chi connectivity index (χ4v) is 2.03. The van der Waals surface area contributed by atoms with Crippen molar-refractivity contribution in [3.05, 3.63) is 18.2 Å². The molecule has 1 aromatic carbocycles. The topological polar surface area (TPSA) is 82.1 Å². The summed E-state index contributed by atoms with van der Waals surface area (Å²) in [6, 6.07) is 5.18. The molecule has 19 heavy (non-hydrogen) atoms. The van der Waals surface area contributed by atoms with Crippen LogP contribution in [0.3, 0.4) is 0 Å². The fourth-order valence-electron chi connectivity index (χ4n) is 1.47. The van der Waals surface area contributed by atoms with Crippen LogP contribution in [0, 0.1) is 0 Å². The minimum absolute atomic E-state index is 0.258. The molecule has 0 unspecified atom stereocenters. The number of ether oxygens (including phenoxy) is 3. The lowest BCUT2D eigenvalue weighted by atomic mass is 10.3. The van der Waals surface area contributed by atoms with Crippen molar-refractivity contribution in [1.29, 1.82) is 0 Å². The van der Waals surface area contributed by atoms with Gasteiger partial charge in [-0.15, -0.1) is 0 Å². The number of hydrogen-bond acceptors (Lipinski definition) is 5. The molecule has 0 fully saturated rings. The van der Waals surface area contributed by atoms with Crippen LogP contribution in [-0.2, 0) is 10.1 Å². The monoisotopic (exact) mass is 290 g/mol. The maximum absolute atomic E-state index is 10.5. The highest BCUT2D eigenvalue weighted by molar-refractivity contribution is 7.85. The zero-order chi connectivity index (χ0) is 14.3. The first-order valence-electron chi connectivity index (χ1n) is 5.76. The Labute approximate surface area is 113 Å². The molecule has 1 N–H and O–H groups in total. The van der Waals surface area contributed by atoms with Gasteiger partial charge in [0.05, 0.1) is 26.6 Å². The molecule has 0 atom stereocenters. The highest BCUT2D eigenvalue weighted by Crippen LogP contribution is 2.31. The third kappa shape index (κ3) is 5.80. The standard InChI is InChI=1S/C12H18O6S/c1-16-10-5-6-11(17-2)12(9-10)18-7-3-4-8-19(13,14)15/h5-6,9H,3-4,7-8H2,1-2H3,(H,13,14,15). The van der Waals surface area contributed by atoms with Crippen molar-refractivity contribution >= 4 is 10.1 Å². The largest absolute Gasteiger partial charge is 0.497 e. The third-order valence-electron chi connectivity index (χ3n) is 2.42. The molecule has 0 heterocycles. The normalized spacial score (nSPS) is 11.1. The van der Waals surface area contributed by atoms with Gasteiger partial charge in [0.15, 0.2) is 11.5 Å². The predicted molar refractivity (Wildman–Crippen MR) is 70.7 cm³/mol. The Morgan fingerprint density at radius 1 is 1.11 bits per heavy atom. The lowest BCUT2D eigenvalue weighted by Crippen LogP contribution is -2.06. The molecule has 0 spiro atoms. The van der Waals surface area contributed by atoms with E-state index in [1.807, 2.05) is 0 Å². The van der Waals surface area contributed by atoms with Crippen molar-refractivity contribution in [3.8, 4) is 17.2 Å². The molecule has 0 aliphatic rings. The van der Waals surface area contributed by atoms with Crippen LogP contribution >= 0.6 is 0 Å². The van der Waals surface area contributed by atoms with E-state index in [2.05, 4.69) is 0 Å². The summed E-state index contributed by atoms with van der Waals surface area (Å²) in [5.74, 6) is 1.50. The maximum atomic E-state index is 10.5. The van der Waals surface area contributed by atoms with E-state index >= 15 is 0 Å². The first kappa shape index (κ1) is 15.6. The minimum Gasteiger partial charge on any atom is -0.497 e. The lowest BCUT2D eigenvalue weighted by molar-refractivity contribution is 0.285. The summed E-state index contributed by atoms with van der Waals surface area (Å²) in [5, 5.41) is 0. The Bertz CT molecular complexity index is 497. The van der Waals surface area contributed by atoms with E-state index in [9.17, 15) is 8.42 Å². The highest BCUT2D eigenvalue weighted by Gasteiger charge is 2.07. The van der Waals surface area contributed by atoms with Gasteiger partial charge in [-0.1, -0.05) is 0 Å². The van der Waals surface area contributed by atoms with Gasteiger partial charge in [0.1, 0.15) is 5.75 Å². The van der Waals surface area contributed by atoms with Gasteiger partial charge in [-0.25, -0.2) is 0 Å². The predicted octanol–water partition coefficient (Wildman–Crippen LogP) is 1.75. The van der Waals surface area contributed by atoms with Crippen LogP contribution in [-0.4, -0.2) is 39.5 Å². The zero-order valence-corrected chi connectivity index (χ0v) is 11.8. The van der Waals surface area contributed by atoms with E-state index in [1.165, 1.54) is 7.11 Å². The summed E-state index contributed by atoms with van der Waals surface area (Å²) in [4.78, 5) is 0. The molecular formula is C12H18O6S. The summed E-state index contributed by atoms with van der Waals surface area (Å²) < 4.78 is 45.4. The summed E-state index contributed by atoms with van der Waals surface area (Å²) >= 11 is 0. The van der Waals surface area contributed by atoms with E-state index in [4.69, 9.17) is 18.8 Å². The molecule has 0 aromatic heterocycles. The minimum atomic E-state index is -3.89. The van der Waals surface area contributed by atoms with Crippen LogP contribution in [0.25, 0.3) is 0 Å². The molecule has 0 saturated heterocycles. The quantitative estimate of drug-likeness (QED) is 0.580. The molecule has 0 aliphatic carbocycles. The van der Waals surface area contributed by atoms with Crippen molar-refractivity contribution in [2.75, 3.05) is 26.6 Å². The van der Waals surface area contributed by atoms with Crippen LogP contribution in [0.2, 0.25) is 0 Å². The maximum Gasteiger partial charge on any atom is 0.264 e. The molecule has 1 rings (SSSR count). The van der Waals surface area contributed by atoms with Crippen LogP contribution in [0.4, 0.5) is 0 Å². The molecule has 0 bridgehead atoms. The second kappa shape index (κ2) is 7.20. The molecule has 7 heteroatoms. The average Bonchev–Trinajstić information content (AvgIpc) is 2.36.